The zero-order valence-corrected chi connectivity index (χ0v) is 81.1. The molecule has 4 heterocycles. The maximum absolute atomic E-state index is 12.7. The summed E-state index contributed by atoms with van der Waals surface area (Å²) in [5, 5.41) is 21.6. The normalized spacial score (nSPS) is 12.9. The molecule has 0 unspecified atom stereocenters. The van der Waals surface area contributed by atoms with Crippen molar-refractivity contribution in [1.29, 1.82) is 0 Å². The summed E-state index contributed by atoms with van der Waals surface area (Å²) in [5.41, 5.74) is 62.7. The minimum atomic E-state index is -0.370. The molecular weight excluding hydrogens is 1760 g/mol. The van der Waals surface area contributed by atoms with Crippen LogP contribution in [0.3, 0.4) is 0 Å². The Morgan fingerprint density at radius 2 is 0.734 bits per heavy atom. The molecule has 33 heteroatoms. The molecule has 0 radical (unpaired) electrons. The number of amides is 8. The molecule has 0 aliphatic carbocycles. The van der Waals surface area contributed by atoms with E-state index in [-0.39, 0.29) is 66.9 Å². The van der Waals surface area contributed by atoms with Crippen molar-refractivity contribution in [2.45, 2.75) is 143 Å². The Morgan fingerprint density at radius 1 is 0.396 bits per heavy atom. The molecule has 0 spiro atoms. The number of nitrogens with two attached hydrogens (primary N) is 8. The topological polar surface area (TPSA) is 507 Å². The number of piperidine rings is 1. The van der Waals surface area contributed by atoms with Gasteiger partial charge in [-0.3, -0.25) is 33.6 Å². The summed E-state index contributed by atoms with van der Waals surface area (Å²) in [6.07, 6.45) is 11.7. The van der Waals surface area contributed by atoms with Crippen LogP contribution in [0.4, 0.5) is 38.9 Å². The number of benzene rings is 9. The van der Waals surface area contributed by atoms with Gasteiger partial charge < -0.3 is 122 Å². The van der Waals surface area contributed by atoms with Gasteiger partial charge >= 0.3 is 18.0 Å². The van der Waals surface area contributed by atoms with Gasteiger partial charge in [-0.2, -0.15) is 0 Å². The van der Waals surface area contributed by atoms with Crippen molar-refractivity contribution in [2.75, 3.05) is 169 Å². The lowest BCUT2D eigenvalue weighted by Gasteiger charge is -2.31. The van der Waals surface area contributed by atoms with E-state index in [0.717, 1.165) is 163 Å². The fourth-order valence-electron chi connectivity index (χ4n) is 15.2. The molecule has 23 N–H and O–H groups in total. The average molecular weight is 1910 g/mol. The molecular formula is C106H148N20O13. The Labute approximate surface area is 819 Å². The van der Waals surface area contributed by atoms with Crippen molar-refractivity contribution < 1.29 is 62.2 Å². The van der Waals surface area contributed by atoms with Crippen molar-refractivity contribution in [3.8, 4) is 0 Å². The molecule has 4 aliphatic heterocycles. The number of carbonyl (C=O) groups is 10. The van der Waals surface area contributed by atoms with Crippen LogP contribution in [0.2, 0.25) is 0 Å². The quantitative estimate of drug-likeness (QED) is 0.00751. The zero-order valence-electron chi connectivity index (χ0n) is 81.1. The third kappa shape index (κ3) is 40.0. The predicted molar refractivity (Wildman–Crippen MR) is 553 cm³/mol. The van der Waals surface area contributed by atoms with Gasteiger partial charge in [-0.25, -0.2) is 14.4 Å². The number of likely N-dealkylation sites (N-methyl/N-ethyl adjacent to an activating group) is 1. The van der Waals surface area contributed by atoms with Gasteiger partial charge in [0.15, 0.2) is 0 Å². The maximum Gasteiger partial charge on any atom is 0.409 e. The van der Waals surface area contributed by atoms with E-state index in [2.05, 4.69) is 83.1 Å². The number of ether oxygens (including phenoxy) is 3. The van der Waals surface area contributed by atoms with E-state index in [1.54, 1.807) is 103 Å². The molecule has 4 fully saturated rings. The maximum atomic E-state index is 12.7. The van der Waals surface area contributed by atoms with E-state index in [1.165, 1.54) is 38.0 Å². The Morgan fingerprint density at radius 3 is 1.09 bits per heavy atom. The highest BCUT2D eigenvalue weighted by Crippen LogP contribution is 2.23. The Hall–Kier alpha value is -14.0. The van der Waals surface area contributed by atoms with E-state index >= 15 is 0 Å². The van der Waals surface area contributed by atoms with Crippen LogP contribution in [-0.2, 0) is 80.6 Å². The number of aryl methyl sites for hydroxylation is 1. The third-order valence-corrected chi connectivity index (χ3v) is 23.6. The molecule has 9 aromatic rings. The average Bonchev–Trinajstić information content (AvgIpc) is 1.85. The second-order valence-corrected chi connectivity index (χ2v) is 33.6. The number of likely N-dealkylation sites (tertiary alicyclic amines) is 4. The van der Waals surface area contributed by atoms with E-state index in [9.17, 15) is 47.9 Å². The standard InChI is InChI=1S/C24H32N4O2.C22H33N5O4.C17H21N3O.C17H20N2O2.C9H13N3O.C9H11NO2.C7H14N2O.CH4/c1-27(16-12-19-7-3-2-4-8-19)24(30)20-10-11-21(22(25)17-20)18-26-13-6-15-28-14-5-9-23(28)29;1-31-22(30)27-12-7-18(8-13-27)25-21(29)16-5-6-17(19(23)14-16)15-24-9-3-11-26-10-2-4-20(26)28;1-19-17(21)14-7-8-15(16(18)11-14)12-20-10-9-13-5-3-2-4-6-13;1-21-17(20)14-7-8-15(16(18)11-14)12-19-10-9-13-5-3-2-4-6-13;1-12-9(13)6-2-3-7(5-10)8(11)4-6;1-6-3-4-7(5-8(6)10)9(11)12-2;8-4-2-6-9-5-1-3-7(9)10;/h2-4,7-8,10-11,17,26H,5-6,9,12-16,18,25H2,1H3;5-6,14,18,24H,2-4,7-13,15,23H2,1H3,(H,25,29);2-8,11,20H,9-10,12,18H2,1H3,(H,19,21);2-8,11,19H,9-10,12,18H2,1H3;2-4H,5,10-11H2,1H3,(H,12,13);3-5H,10H2,1-2H3;1-6,8H2;1H4. The van der Waals surface area contributed by atoms with Crippen molar-refractivity contribution in [3.63, 3.8) is 0 Å². The molecule has 13 rings (SSSR count). The predicted octanol–water partition coefficient (Wildman–Crippen LogP) is 10.4. The highest BCUT2D eigenvalue weighted by molar-refractivity contribution is 5.97. The molecule has 4 saturated heterocycles. The van der Waals surface area contributed by atoms with Gasteiger partial charge in [0.25, 0.3) is 23.6 Å². The van der Waals surface area contributed by atoms with Crippen molar-refractivity contribution in [2.24, 2.45) is 11.5 Å². The highest BCUT2D eigenvalue weighted by atomic mass is 16.5. The van der Waals surface area contributed by atoms with Gasteiger partial charge in [0, 0.05) is 194 Å². The molecule has 0 saturated carbocycles. The molecule has 9 aromatic carbocycles. The number of rotatable bonds is 36. The SMILES string of the molecule is C.CN(CCc1ccccc1)C(=O)c1ccc(CNCCCN2CCCC2=O)c(N)c1.CNC(=O)c1ccc(CN)c(N)c1.CNC(=O)c1ccc(CNCCc2ccccc2)c(N)c1.COC(=O)N1CCC(NC(=O)c2ccc(CNCCCN3CCCC3=O)c(N)c2)CC1.COC(=O)c1ccc(C)c(N)c1.COC(=O)c1ccc(CNCCc2ccccc2)c(N)c1.NCCCN1CCCC1=O. The number of methoxy groups -OCH3 is 3. The van der Waals surface area contributed by atoms with E-state index in [1.807, 2.05) is 114 Å². The Bertz CT molecular complexity index is 5230. The van der Waals surface area contributed by atoms with Gasteiger partial charge in [0.1, 0.15) is 0 Å². The first-order valence-electron chi connectivity index (χ1n) is 47.1. The van der Waals surface area contributed by atoms with Crippen LogP contribution < -0.4 is 83.1 Å². The first-order chi connectivity index (χ1) is 66.6. The molecule has 139 heavy (non-hydrogen) atoms. The lowest BCUT2D eigenvalue weighted by molar-refractivity contribution is -0.128. The first kappa shape index (κ1) is 114. The van der Waals surface area contributed by atoms with Gasteiger partial charge in [0.05, 0.1) is 32.5 Å². The molecule has 0 atom stereocenters. The van der Waals surface area contributed by atoms with Gasteiger partial charge in [-0.05, 0) is 233 Å². The van der Waals surface area contributed by atoms with E-state index in [4.69, 9.17) is 50.6 Å². The van der Waals surface area contributed by atoms with Crippen molar-refractivity contribution in [3.05, 3.63) is 284 Å². The van der Waals surface area contributed by atoms with Gasteiger partial charge in [-0.15, -0.1) is 0 Å². The fourth-order valence-corrected chi connectivity index (χ4v) is 15.2. The largest absolute Gasteiger partial charge is 0.465 e. The van der Waals surface area contributed by atoms with Crippen molar-refractivity contribution >= 4 is 93.5 Å². The summed E-state index contributed by atoms with van der Waals surface area (Å²) in [7, 11) is 9.08. The van der Waals surface area contributed by atoms with Crippen LogP contribution in [0.5, 0.6) is 0 Å². The summed E-state index contributed by atoms with van der Waals surface area (Å²) in [6.45, 7) is 16.0. The number of nitrogen functional groups attached to an aromatic ring is 6. The van der Waals surface area contributed by atoms with Crippen LogP contribution in [-0.4, -0.2) is 224 Å². The lowest BCUT2D eigenvalue weighted by atomic mass is 10.0. The second kappa shape index (κ2) is 62.7. The Kier molecular flexibility index (Phi) is 51.3. The smallest absolute Gasteiger partial charge is 0.409 e. The summed E-state index contributed by atoms with van der Waals surface area (Å²) < 4.78 is 13.9. The van der Waals surface area contributed by atoms with Gasteiger partial charge in [-0.1, -0.05) is 135 Å². The molecule has 4 aliphatic rings. The number of hydrogen-bond acceptors (Lipinski definition) is 25. The number of hydrogen-bond donors (Lipinski definition) is 15. The number of nitrogens with zero attached hydrogens (tertiary/aromatic N) is 5. The lowest BCUT2D eigenvalue weighted by Crippen LogP contribution is -2.46. The summed E-state index contributed by atoms with van der Waals surface area (Å²) in [5.74, 6) is -0.341. The van der Waals surface area contributed by atoms with Crippen molar-refractivity contribution in [1.82, 2.24) is 61.7 Å². The third-order valence-electron chi connectivity index (χ3n) is 23.6. The minimum absolute atomic E-state index is 0. The molecule has 0 bridgehead atoms. The van der Waals surface area contributed by atoms with Crippen LogP contribution in [0.25, 0.3) is 0 Å². The number of esters is 2. The van der Waals surface area contributed by atoms with E-state index in [0.29, 0.717) is 158 Å². The van der Waals surface area contributed by atoms with E-state index < -0.39 is 0 Å². The van der Waals surface area contributed by atoms with Crippen LogP contribution in [0, 0.1) is 6.92 Å². The number of carbonyl (C=O) groups excluding carboxylic acids is 10. The molecule has 750 valence electrons. The zero-order chi connectivity index (χ0) is 100. The molecule has 0 aromatic heterocycles. The summed E-state index contributed by atoms with van der Waals surface area (Å²) in [6, 6.07) is 62.6. The monoisotopic (exact) mass is 1910 g/mol. The van der Waals surface area contributed by atoms with Crippen LogP contribution in [0.15, 0.2) is 200 Å². The Balaban J connectivity index is 0.000000257. The summed E-state index contributed by atoms with van der Waals surface area (Å²) >= 11 is 0. The highest BCUT2D eigenvalue weighted by Gasteiger charge is 2.27. The molecule has 33 nitrogen and oxygen atoms in total. The van der Waals surface area contributed by atoms with Crippen LogP contribution >= 0.6 is 0 Å². The van der Waals surface area contributed by atoms with Gasteiger partial charge in [0.2, 0.25) is 17.7 Å². The fraction of sp³-hybridized carbons (Fsp3) is 0.396. The number of anilines is 6. The number of nitrogens with one attached hydrogen (secondary N) is 7. The molecule has 8 amide bonds. The minimum Gasteiger partial charge on any atom is -0.465 e. The summed E-state index contributed by atoms with van der Waals surface area (Å²) in [4.78, 5) is 125. The van der Waals surface area contributed by atoms with Crippen LogP contribution in [0.1, 0.15) is 190 Å². The first-order valence-corrected chi connectivity index (χ1v) is 47.1. The second-order valence-electron chi connectivity index (χ2n) is 33.6.